The summed E-state index contributed by atoms with van der Waals surface area (Å²) >= 11 is 0. The Morgan fingerprint density at radius 1 is 1.00 bits per heavy atom. The number of rotatable bonds is 7. The minimum absolute atomic E-state index is 0.0271. The summed E-state index contributed by atoms with van der Waals surface area (Å²) in [5, 5.41) is 9.91. The summed E-state index contributed by atoms with van der Waals surface area (Å²) < 4.78 is 54.3. The van der Waals surface area contributed by atoms with Gasteiger partial charge in [-0.2, -0.15) is 13.2 Å². The highest BCUT2D eigenvalue weighted by Crippen LogP contribution is 2.31. The van der Waals surface area contributed by atoms with Crippen LogP contribution in [0.25, 0.3) is 11.5 Å². The van der Waals surface area contributed by atoms with E-state index in [1.807, 2.05) is 13.8 Å². The minimum atomic E-state index is -4.44. The quantitative estimate of drug-likeness (QED) is 0.590. The van der Waals surface area contributed by atoms with Crippen molar-refractivity contribution in [3.8, 4) is 23.0 Å². The Morgan fingerprint density at radius 2 is 1.67 bits per heavy atom. The van der Waals surface area contributed by atoms with Crippen molar-refractivity contribution in [2.75, 3.05) is 18.5 Å². The van der Waals surface area contributed by atoms with E-state index >= 15 is 0 Å². The molecule has 0 atom stereocenters. The van der Waals surface area contributed by atoms with Crippen LogP contribution in [0, 0.1) is 0 Å². The first kappa shape index (κ1) is 21.2. The number of ether oxygens (including phenoxy) is 2. The molecule has 10 heteroatoms. The summed E-state index contributed by atoms with van der Waals surface area (Å²) in [4.78, 5) is 12.5. The van der Waals surface area contributed by atoms with E-state index in [1.54, 1.807) is 12.1 Å². The Labute approximate surface area is 169 Å². The van der Waals surface area contributed by atoms with Gasteiger partial charge in [0.2, 0.25) is 5.89 Å². The number of amides is 1. The molecule has 0 bridgehead atoms. The summed E-state index contributed by atoms with van der Waals surface area (Å²) in [5.41, 5.74) is -0.230. The lowest BCUT2D eigenvalue weighted by atomic mass is 10.1. The molecule has 0 spiro atoms. The van der Waals surface area contributed by atoms with E-state index in [-0.39, 0.29) is 23.0 Å². The van der Waals surface area contributed by atoms with Crippen molar-refractivity contribution in [1.29, 1.82) is 0 Å². The monoisotopic (exact) mass is 421 g/mol. The molecule has 0 saturated carbocycles. The molecular weight excluding hydrogens is 403 g/mol. The van der Waals surface area contributed by atoms with Crippen molar-refractivity contribution in [3.05, 3.63) is 53.6 Å². The smallest absolute Gasteiger partial charge is 0.416 e. The van der Waals surface area contributed by atoms with E-state index in [9.17, 15) is 18.0 Å². The molecule has 7 nitrogen and oxygen atoms in total. The summed E-state index contributed by atoms with van der Waals surface area (Å²) in [6.07, 6.45) is -4.44. The zero-order valence-corrected chi connectivity index (χ0v) is 16.1. The van der Waals surface area contributed by atoms with Crippen LogP contribution in [0.3, 0.4) is 0 Å². The molecule has 0 saturated heterocycles. The summed E-state index contributed by atoms with van der Waals surface area (Å²) in [7, 11) is 0. The summed E-state index contributed by atoms with van der Waals surface area (Å²) in [6, 6.07) is 8.74. The fourth-order valence-corrected chi connectivity index (χ4v) is 2.55. The van der Waals surface area contributed by atoms with Crippen LogP contribution in [0.5, 0.6) is 11.5 Å². The lowest BCUT2D eigenvalue weighted by molar-refractivity contribution is -0.137. The molecule has 0 aliphatic heterocycles. The van der Waals surface area contributed by atoms with E-state index in [4.69, 9.17) is 13.9 Å². The Balaban J connectivity index is 1.74. The van der Waals surface area contributed by atoms with Gasteiger partial charge in [0.1, 0.15) is 0 Å². The topological polar surface area (TPSA) is 86.5 Å². The van der Waals surface area contributed by atoms with Gasteiger partial charge in [0.25, 0.3) is 5.91 Å². The maximum absolute atomic E-state index is 12.7. The second-order valence-electron chi connectivity index (χ2n) is 5.97. The fraction of sp³-hybridized carbons (Fsp3) is 0.250. The molecule has 30 heavy (non-hydrogen) atoms. The second kappa shape index (κ2) is 8.85. The van der Waals surface area contributed by atoms with E-state index in [0.29, 0.717) is 24.7 Å². The minimum Gasteiger partial charge on any atom is -0.490 e. The van der Waals surface area contributed by atoms with Crippen molar-refractivity contribution in [2.24, 2.45) is 0 Å². The van der Waals surface area contributed by atoms with Crippen LogP contribution in [0.2, 0.25) is 0 Å². The van der Waals surface area contributed by atoms with Crippen LogP contribution in [0.15, 0.2) is 46.9 Å². The number of anilines is 1. The average Bonchev–Trinajstić information content (AvgIpc) is 3.17. The van der Waals surface area contributed by atoms with Crippen LogP contribution in [0.4, 0.5) is 19.2 Å². The van der Waals surface area contributed by atoms with E-state index < -0.39 is 17.6 Å². The highest BCUT2D eigenvalue weighted by molar-refractivity contribution is 6.03. The number of hydrogen-bond donors (Lipinski definition) is 1. The first-order valence-corrected chi connectivity index (χ1v) is 9.04. The van der Waals surface area contributed by atoms with Crippen LogP contribution >= 0.6 is 0 Å². The second-order valence-corrected chi connectivity index (χ2v) is 5.97. The van der Waals surface area contributed by atoms with Crippen LogP contribution in [-0.4, -0.2) is 29.3 Å². The number of nitrogens with one attached hydrogen (secondary N) is 1. The number of halogens is 3. The lowest BCUT2D eigenvalue weighted by Crippen LogP contribution is -2.12. The highest BCUT2D eigenvalue weighted by atomic mass is 19.4. The maximum atomic E-state index is 12.7. The standard InChI is InChI=1S/C20H18F3N3O4/c1-3-28-15-10-7-13(11-16(15)29-4-2)17(27)24-19-26-25-18(30-19)12-5-8-14(9-6-12)20(21,22)23/h5-11H,3-4H2,1-2H3,(H,24,26,27). The van der Waals surface area contributed by atoms with E-state index in [0.717, 1.165) is 12.1 Å². The zero-order valence-electron chi connectivity index (χ0n) is 16.1. The molecule has 0 radical (unpaired) electrons. The van der Waals surface area contributed by atoms with Gasteiger partial charge >= 0.3 is 12.2 Å². The van der Waals surface area contributed by atoms with Crippen LogP contribution in [0.1, 0.15) is 29.8 Å². The number of carbonyl (C=O) groups is 1. The number of aromatic nitrogens is 2. The zero-order chi connectivity index (χ0) is 21.7. The largest absolute Gasteiger partial charge is 0.490 e. The average molecular weight is 421 g/mol. The number of nitrogens with zero attached hydrogens (tertiary/aromatic N) is 2. The molecule has 0 fully saturated rings. The predicted molar refractivity (Wildman–Crippen MR) is 101 cm³/mol. The molecule has 1 heterocycles. The van der Waals surface area contributed by atoms with Gasteiger partial charge in [-0.3, -0.25) is 10.1 Å². The first-order valence-electron chi connectivity index (χ1n) is 9.04. The number of carbonyl (C=O) groups excluding carboxylic acids is 1. The lowest BCUT2D eigenvalue weighted by Gasteiger charge is -2.11. The highest BCUT2D eigenvalue weighted by Gasteiger charge is 2.30. The van der Waals surface area contributed by atoms with Gasteiger partial charge in [0.05, 0.1) is 18.8 Å². The molecular formula is C20H18F3N3O4. The van der Waals surface area contributed by atoms with Crippen molar-refractivity contribution in [2.45, 2.75) is 20.0 Å². The van der Waals surface area contributed by atoms with Gasteiger partial charge in [-0.1, -0.05) is 5.10 Å². The Morgan fingerprint density at radius 3 is 2.30 bits per heavy atom. The molecule has 1 aromatic heterocycles. The van der Waals surface area contributed by atoms with Crippen molar-refractivity contribution in [1.82, 2.24) is 10.2 Å². The summed E-state index contributed by atoms with van der Waals surface area (Å²) in [5.74, 6) is 0.378. The van der Waals surface area contributed by atoms with Gasteiger partial charge < -0.3 is 13.9 Å². The molecule has 3 rings (SSSR count). The van der Waals surface area contributed by atoms with Crippen LogP contribution in [-0.2, 0) is 6.18 Å². The number of benzene rings is 2. The van der Waals surface area contributed by atoms with Crippen molar-refractivity contribution < 1.29 is 31.9 Å². The third-order valence-electron chi connectivity index (χ3n) is 3.91. The van der Waals surface area contributed by atoms with Crippen molar-refractivity contribution >= 4 is 11.9 Å². The molecule has 0 unspecified atom stereocenters. The fourth-order valence-electron chi connectivity index (χ4n) is 2.55. The Kier molecular flexibility index (Phi) is 6.24. The first-order chi connectivity index (χ1) is 14.3. The Hall–Kier alpha value is -3.56. The SMILES string of the molecule is CCOc1ccc(C(=O)Nc2nnc(-c3ccc(C(F)(F)F)cc3)o2)cc1OCC. The van der Waals surface area contributed by atoms with Gasteiger partial charge in [-0.15, -0.1) is 5.10 Å². The molecule has 0 aliphatic carbocycles. The summed E-state index contributed by atoms with van der Waals surface area (Å²) in [6.45, 7) is 4.48. The Bertz CT molecular complexity index is 1020. The van der Waals surface area contributed by atoms with Gasteiger partial charge in [-0.25, -0.2) is 0 Å². The van der Waals surface area contributed by atoms with Gasteiger partial charge in [-0.05, 0) is 56.3 Å². The molecule has 3 aromatic rings. The van der Waals surface area contributed by atoms with Gasteiger partial charge in [0, 0.05) is 11.1 Å². The maximum Gasteiger partial charge on any atom is 0.416 e. The molecule has 1 N–H and O–H groups in total. The molecule has 158 valence electrons. The van der Waals surface area contributed by atoms with Crippen molar-refractivity contribution in [3.63, 3.8) is 0 Å². The van der Waals surface area contributed by atoms with Gasteiger partial charge in [0.15, 0.2) is 11.5 Å². The third kappa shape index (κ3) is 4.88. The van der Waals surface area contributed by atoms with E-state index in [1.165, 1.54) is 18.2 Å². The molecule has 2 aromatic carbocycles. The third-order valence-corrected chi connectivity index (χ3v) is 3.91. The number of hydrogen-bond acceptors (Lipinski definition) is 6. The van der Waals surface area contributed by atoms with E-state index in [2.05, 4.69) is 15.5 Å². The molecule has 1 amide bonds. The number of alkyl halides is 3. The van der Waals surface area contributed by atoms with Crippen LogP contribution < -0.4 is 14.8 Å². The predicted octanol–water partition coefficient (Wildman–Crippen LogP) is 4.81. The molecule has 0 aliphatic rings. The normalized spacial score (nSPS) is 11.2.